The van der Waals surface area contributed by atoms with Crippen molar-refractivity contribution in [1.82, 2.24) is 15.2 Å². The predicted molar refractivity (Wildman–Crippen MR) is 30.0 cm³/mol. The molecule has 0 aliphatic rings. The highest BCUT2D eigenvalue weighted by atomic mass is 35.5. The molecule has 0 saturated heterocycles. The van der Waals surface area contributed by atoms with Gasteiger partial charge in [0.25, 0.3) is 5.24 Å². The summed E-state index contributed by atoms with van der Waals surface area (Å²) in [5, 5.41) is 6.12. The third kappa shape index (κ3) is 1.43. The van der Waals surface area contributed by atoms with Gasteiger partial charge in [0.05, 0.1) is 6.20 Å². The van der Waals surface area contributed by atoms with Crippen molar-refractivity contribution in [3.8, 4) is 0 Å². The molecule has 5 heteroatoms. The summed E-state index contributed by atoms with van der Waals surface area (Å²) < 4.78 is 0. The number of carbonyl (C=O) groups is 1. The lowest BCUT2D eigenvalue weighted by Gasteiger charge is -1.84. The Morgan fingerprint density at radius 2 is 2.33 bits per heavy atom. The average Bonchev–Trinajstić information content (AvgIpc) is 1.90. The summed E-state index contributed by atoms with van der Waals surface area (Å²) >= 11 is 5.03. The second-order valence-corrected chi connectivity index (χ2v) is 1.61. The topological polar surface area (TPSA) is 55.7 Å². The molecule has 9 heavy (non-hydrogen) atoms. The number of aromatic nitrogens is 3. The summed E-state index contributed by atoms with van der Waals surface area (Å²) in [6.07, 6.45) is 2.37. The number of hydrogen-bond donors (Lipinski definition) is 0. The van der Waals surface area contributed by atoms with E-state index < -0.39 is 5.24 Å². The van der Waals surface area contributed by atoms with E-state index in [0.29, 0.717) is 0 Å². The Balaban J connectivity index is 2.98. The predicted octanol–water partition coefficient (Wildman–Crippen LogP) is 0.251. The highest BCUT2D eigenvalue weighted by Crippen LogP contribution is 1.93. The molecular formula is C4H2ClN3O. The first-order valence-electron chi connectivity index (χ1n) is 2.13. The highest BCUT2D eigenvalue weighted by molar-refractivity contribution is 6.67. The normalized spacial score (nSPS) is 9.00. The van der Waals surface area contributed by atoms with Gasteiger partial charge in [0.1, 0.15) is 12.0 Å². The van der Waals surface area contributed by atoms with Gasteiger partial charge in [-0.3, -0.25) is 4.79 Å². The lowest BCUT2D eigenvalue weighted by Crippen LogP contribution is -1.94. The lowest BCUT2D eigenvalue weighted by molar-refractivity contribution is 0.107. The molecule has 0 N–H and O–H groups in total. The molecule has 0 bridgehead atoms. The molecule has 0 aliphatic heterocycles. The maximum absolute atomic E-state index is 10.3. The molecule has 0 amide bonds. The van der Waals surface area contributed by atoms with E-state index >= 15 is 0 Å². The van der Waals surface area contributed by atoms with Gasteiger partial charge in [-0.1, -0.05) is 0 Å². The Hall–Kier alpha value is -1.03. The molecule has 0 radical (unpaired) electrons. The standard InChI is InChI=1S/C4H2ClN3O/c5-4(9)3-1-7-8-2-6-3/h1-2H. The molecule has 1 heterocycles. The second kappa shape index (κ2) is 2.50. The van der Waals surface area contributed by atoms with Crippen molar-refractivity contribution in [2.75, 3.05) is 0 Å². The van der Waals surface area contributed by atoms with Crippen molar-refractivity contribution >= 4 is 16.8 Å². The van der Waals surface area contributed by atoms with Crippen molar-refractivity contribution in [3.63, 3.8) is 0 Å². The third-order valence-corrected chi connectivity index (χ3v) is 0.890. The number of nitrogens with zero attached hydrogens (tertiary/aromatic N) is 3. The van der Waals surface area contributed by atoms with Crippen LogP contribution in [0.4, 0.5) is 0 Å². The van der Waals surface area contributed by atoms with Gasteiger partial charge in [0, 0.05) is 0 Å². The Bertz CT molecular complexity index is 212. The van der Waals surface area contributed by atoms with Crippen LogP contribution in [0, 0.1) is 0 Å². The summed E-state index contributed by atoms with van der Waals surface area (Å²) in [5.41, 5.74) is 0.117. The fourth-order valence-corrected chi connectivity index (χ4v) is 0.438. The molecule has 0 aromatic carbocycles. The summed E-state index contributed by atoms with van der Waals surface area (Å²) in [6, 6.07) is 0. The maximum Gasteiger partial charge on any atom is 0.272 e. The first kappa shape index (κ1) is 6.10. The molecule has 0 unspecified atom stereocenters. The quantitative estimate of drug-likeness (QED) is 0.529. The maximum atomic E-state index is 10.3. The van der Waals surface area contributed by atoms with Gasteiger partial charge in [0.2, 0.25) is 0 Å². The van der Waals surface area contributed by atoms with Crippen molar-refractivity contribution in [3.05, 3.63) is 18.2 Å². The minimum absolute atomic E-state index is 0.117. The van der Waals surface area contributed by atoms with Crippen LogP contribution in [0.25, 0.3) is 0 Å². The molecule has 4 nitrogen and oxygen atoms in total. The Labute approximate surface area is 55.9 Å². The third-order valence-electron chi connectivity index (χ3n) is 0.697. The smallest absolute Gasteiger partial charge is 0.272 e. The molecule has 1 rings (SSSR count). The summed E-state index contributed by atoms with van der Waals surface area (Å²) in [5.74, 6) is 0. The van der Waals surface area contributed by atoms with Crippen LogP contribution in [0.15, 0.2) is 12.5 Å². The van der Waals surface area contributed by atoms with E-state index in [2.05, 4.69) is 15.2 Å². The van der Waals surface area contributed by atoms with E-state index in [1.54, 1.807) is 0 Å². The largest absolute Gasteiger partial charge is 0.274 e. The number of carbonyl (C=O) groups excluding carboxylic acids is 1. The number of hydrogen-bond acceptors (Lipinski definition) is 4. The zero-order valence-electron chi connectivity index (χ0n) is 4.28. The monoisotopic (exact) mass is 143 g/mol. The number of halogens is 1. The van der Waals surface area contributed by atoms with E-state index in [1.807, 2.05) is 0 Å². The number of rotatable bonds is 1. The summed E-state index contributed by atoms with van der Waals surface area (Å²) in [6.45, 7) is 0. The minimum atomic E-state index is -0.620. The molecule has 0 fully saturated rings. The fourth-order valence-electron chi connectivity index (χ4n) is 0.341. The SMILES string of the molecule is O=C(Cl)c1cnncn1. The Kier molecular flexibility index (Phi) is 1.69. The van der Waals surface area contributed by atoms with E-state index in [1.165, 1.54) is 6.20 Å². The average molecular weight is 144 g/mol. The minimum Gasteiger partial charge on any atom is -0.274 e. The Morgan fingerprint density at radius 3 is 2.67 bits per heavy atom. The van der Waals surface area contributed by atoms with Crippen LogP contribution in [-0.2, 0) is 0 Å². The van der Waals surface area contributed by atoms with Gasteiger partial charge in [0.15, 0.2) is 0 Å². The molecule has 1 aromatic rings. The second-order valence-electron chi connectivity index (χ2n) is 1.26. The zero-order valence-corrected chi connectivity index (χ0v) is 5.04. The van der Waals surface area contributed by atoms with E-state index in [0.717, 1.165) is 6.33 Å². The molecule has 0 aliphatic carbocycles. The molecule has 0 spiro atoms. The first-order chi connectivity index (χ1) is 4.30. The Morgan fingerprint density at radius 1 is 1.56 bits per heavy atom. The van der Waals surface area contributed by atoms with Crippen molar-refractivity contribution < 1.29 is 4.79 Å². The molecule has 1 aromatic heterocycles. The van der Waals surface area contributed by atoms with Crippen LogP contribution in [0.5, 0.6) is 0 Å². The molecule has 46 valence electrons. The van der Waals surface area contributed by atoms with Crippen LogP contribution in [-0.4, -0.2) is 20.4 Å². The summed E-state index contributed by atoms with van der Waals surface area (Å²) in [7, 11) is 0. The van der Waals surface area contributed by atoms with Crippen LogP contribution in [0.3, 0.4) is 0 Å². The lowest BCUT2D eigenvalue weighted by atomic mass is 10.5. The summed E-state index contributed by atoms with van der Waals surface area (Å²) in [4.78, 5) is 13.8. The van der Waals surface area contributed by atoms with E-state index in [9.17, 15) is 4.79 Å². The van der Waals surface area contributed by atoms with Crippen molar-refractivity contribution in [2.24, 2.45) is 0 Å². The van der Waals surface area contributed by atoms with Crippen LogP contribution in [0.1, 0.15) is 10.5 Å². The fraction of sp³-hybridized carbons (Fsp3) is 0. The molecule has 0 atom stereocenters. The van der Waals surface area contributed by atoms with Crippen LogP contribution < -0.4 is 0 Å². The van der Waals surface area contributed by atoms with Gasteiger partial charge < -0.3 is 0 Å². The molecular weight excluding hydrogens is 142 g/mol. The molecule has 0 saturated carbocycles. The zero-order chi connectivity index (χ0) is 6.69. The van der Waals surface area contributed by atoms with Gasteiger partial charge in [-0.05, 0) is 11.6 Å². The first-order valence-corrected chi connectivity index (χ1v) is 2.51. The van der Waals surface area contributed by atoms with Crippen LogP contribution >= 0.6 is 11.6 Å². The van der Waals surface area contributed by atoms with E-state index in [-0.39, 0.29) is 5.69 Å². The van der Waals surface area contributed by atoms with Crippen molar-refractivity contribution in [2.45, 2.75) is 0 Å². The van der Waals surface area contributed by atoms with Gasteiger partial charge in [-0.2, -0.15) is 5.10 Å². The highest BCUT2D eigenvalue weighted by Gasteiger charge is 1.99. The van der Waals surface area contributed by atoms with Crippen molar-refractivity contribution in [1.29, 1.82) is 0 Å². The van der Waals surface area contributed by atoms with Gasteiger partial charge in [-0.15, -0.1) is 5.10 Å². The van der Waals surface area contributed by atoms with Gasteiger partial charge >= 0.3 is 0 Å². The van der Waals surface area contributed by atoms with Crippen LogP contribution in [0.2, 0.25) is 0 Å². The van der Waals surface area contributed by atoms with E-state index in [4.69, 9.17) is 11.6 Å². The van der Waals surface area contributed by atoms with Gasteiger partial charge in [-0.25, -0.2) is 4.98 Å².